The van der Waals surface area contributed by atoms with E-state index in [1.165, 1.54) is 12.1 Å². The van der Waals surface area contributed by atoms with Gasteiger partial charge in [0.2, 0.25) is 0 Å². The van der Waals surface area contributed by atoms with E-state index in [4.69, 9.17) is 5.11 Å². The zero-order valence-corrected chi connectivity index (χ0v) is 8.78. The van der Waals surface area contributed by atoms with Crippen LogP contribution in [0.2, 0.25) is 0 Å². The normalized spacial score (nSPS) is 11.3. The Morgan fingerprint density at radius 3 is 2.40 bits per heavy atom. The molecule has 0 spiro atoms. The molecule has 0 bridgehead atoms. The number of benzene rings is 1. The molecule has 0 saturated heterocycles. The first-order valence-corrected chi connectivity index (χ1v) is 6.08. The molecule has 1 aromatic carbocycles. The summed E-state index contributed by atoms with van der Waals surface area (Å²) in [4.78, 5) is 11.4. The summed E-state index contributed by atoms with van der Waals surface area (Å²) in [6, 6.07) is 3.36. The van der Waals surface area contributed by atoms with Crippen molar-refractivity contribution in [3.05, 3.63) is 23.8 Å². The quantitative estimate of drug-likeness (QED) is 0.730. The van der Waals surface area contributed by atoms with E-state index in [0.717, 1.165) is 12.3 Å². The van der Waals surface area contributed by atoms with Gasteiger partial charge in [-0.1, -0.05) is 0 Å². The molecule has 0 aliphatic rings. The fourth-order valence-corrected chi connectivity index (χ4v) is 1.70. The fourth-order valence-electron chi connectivity index (χ4n) is 1.07. The standard InChI is InChI=1S/C9H10O5S/c1-15(13,14)5-9(12)7-3-2-6(10)4-8(7)11/h2-4,10-11H,5H2,1H3. The van der Waals surface area contributed by atoms with Crippen molar-refractivity contribution < 1.29 is 23.4 Å². The number of carbonyl (C=O) groups is 1. The number of Topliss-reactive ketones (excluding diaryl/α,β-unsaturated/α-hetero) is 1. The van der Waals surface area contributed by atoms with Gasteiger partial charge < -0.3 is 10.2 Å². The van der Waals surface area contributed by atoms with Gasteiger partial charge in [0.1, 0.15) is 17.3 Å². The van der Waals surface area contributed by atoms with Crippen molar-refractivity contribution >= 4 is 15.6 Å². The summed E-state index contributed by atoms with van der Waals surface area (Å²) < 4.78 is 21.7. The van der Waals surface area contributed by atoms with E-state index < -0.39 is 27.1 Å². The number of ketones is 1. The summed E-state index contributed by atoms with van der Waals surface area (Å²) in [5.74, 6) is -1.98. The van der Waals surface area contributed by atoms with E-state index in [0.29, 0.717) is 0 Å². The number of phenols is 2. The molecule has 0 aliphatic heterocycles. The Balaban J connectivity index is 3.02. The van der Waals surface area contributed by atoms with Crippen molar-refractivity contribution in [3.63, 3.8) is 0 Å². The van der Waals surface area contributed by atoms with E-state index >= 15 is 0 Å². The second-order valence-electron chi connectivity index (χ2n) is 3.19. The van der Waals surface area contributed by atoms with Crippen LogP contribution in [0.1, 0.15) is 10.4 Å². The van der Waals surface area contributed by atoms with Crippen LogP contribution in [0.25, 0.3) is 0 Å². The molecule has 2 N–H and O–H groups in total. The van der Waals surface area contributed by atoms with Crippen molar-refractivity contribution in [1.29, 1.82) is 0 Å². The van der Waals surface area contributed by atoms with E-state index in [2.05, 4.69) is 0 Å². The van der Waals surface area contributed by atoms with Crippen molar-refractivity contribution in [3.8, 4) is 11.5 Å². The first kappa shape index (κ1) is 11.5. The molecule has 15 heavy (non-hydrogen) atoms. The third kappa shape index (κ3) is 3.25. The molecular formula is C9H10O5S. The van der Waals surface area contributed by atoms with E-state index in [-0.39, 0.29) is 11.3 Å². The predicted molar refractivity (Wildman–Crippen MR) is 53.8 cm³/mol. The van der Waals surface area contributed by atoms with Gasteiger partial charge in [0, 0.05) is 12.3 Å². The highest BCUT2D eigenvalue weighted by Gasteiger charge is 2.16. The largest absolute Gasteiger partial charge is 0.508 e. The molecule has 0 aliphatic carbocycles. The summed E-state index contributed by atoms with van der Waals surface area (Å²) in [5.41, 5.74) is -0.113. The minimum atomic E-state index is -3.42. The zero-order chi connectivity index (χ0) is 11.6. The van der Waals surface area contributed by atoms with Crippen molar-refractivity contribution in [2.24, 2.45) is 0 Å². The molecule has 82 valence electrons. The van der Waals surface area contributed by atoms with Crippen LogP contribution in [-0.4, -0.2) is 36.4 Å². The second kappa shape index (κ2) is 3.90. The highest BCUT2D eigenvalue weighted by atomic mass is 32.2. The van der Waals surface area contributed by atoms with Crippen LogP contribution in [0.4, 0.5) is 0 Å². The van der Waals surface area contributed by atoms with Gasteiger partial charge in [-0.05, 0) is 12.1 Å². The van der Waals surface area contributed by atoms with Gasteiger partial charge in [0.25, 0.3) is 0 Å². The van der Waals surface area contributed by atoms with Crippen LogP contribution in [0, 0.1) is 0 Å². The van der Waals surface area contributed by atoms with E-state index in [1.807, 2.05) is 0 Å². The number of hydrogen-bond acceptors (Lipinski definition) is 5. The molecule has 0 aromatic heterocycles. The van der Waals surface area contributed by atoms with Gasteiger partial charge >= 0.3 is 0 Å². The Morgan fingerprint density at radius 1 is 1.33 bits per heavy atom. The smallest absolute Gasteiger partial charge is 0.181 e. The molecule has 0 saturated carbocycles. The molecule has 0 amide bonds. The SMILES string of the molecule is CS(=O)(=O)CC(=O)c1ccc(O)cc1O. The molecule has 0 atom stereocenters. The van der Waals surface area contributed by atoms with Crippen LogP contribution in [0.3, 0.4) is 0 Å². The van der Waals surface area contributed by atoms with Crippen LogP contribution < -0.4 is 0 Å². The summed E-state index contributed by atoms with van der Waals surface area (Å²) in [6.07, 6.45) is 0.933. The summed E-state index contributed by atoms with van der Waals surface area (Å²) in [5, 5.41) is 18.2. The third-order valence-electron chi connectivity index (χ3n) is 1.68. The summed E-state index contributed by atoms with van der Waals surface area (Å²) in [6.45, 7) is 0. The highest BCUT2D eigenvalue weighted by molar-refractivity contribution is 7.91. The van der Waals surface area contributed by atoms with Crippen molar-refractivity contribution in [1.82, 2.24) is 0 Å². The maximum atomic E-state index is 11.4. The summed E-state index contributed by atoms with van der Waals surface area (Å²) in [7, 11) is -3.42. The Bertz CT molecular complexity index is 489. The molecule has 0 fully saturated rings. The Morgan fingerprint density at radius 2 is 1.93 bits per heavy atom. The maximum Gasteiger partial charge on any atom is 0.181 e. The number of phenolic OH excluding ortho intramolecular Hbond substituents is 2. The summed E-state index contributed by atoms with van der Waals surface area (Å²) >= 11 is 0. The topological polar surface area (TPSA) is 91.7 Å². The van der Waals surface area contributed by atoms with Gasteiger partial charge in [-0.2, -0.15) is 0 Å². The Hall–Kier alpha value is -1.56. The average molecular weight is 230 g/mol. The molecule has 0 heterocycles. The van der Waals surface area contributed by atoms with Crippen LogP contribution >= 0.6 is 0 Å². The number of aromatic hydroxyl groups is 2. The zero-order valence-electron chi connectivity index (χ0n) is 7.97. The van der Waals surface area contributed by atoms with E-state index in [1.54, 1.807) is 0 Å². The van der Waals surface area contributed by atoms with E-state index in [9.17, 15) is 18.3 Å². The lowest BCUT2D eigenvalue weighted by Crippen LogP contribution is -2.14. The fraction of sp³-hybridized carbons (Fsp3) is 0.222. The minimum Gasteiger partial charge on any atom is -0.508 e. The average Bonchev–Trinajstić information content (AvgIpc) is 1.99. The molecular weight excluding hydrogens is 220 g/mol. The Kier molecular flexibility index (Phi) is 2.99. The van der Waals surface area contributed by atoms with Crippen LogP contribution in [0.15, 0.2) is 18.2 Å². The van der Waals surface area contributed by atoms with Gasteiger partial charge in [0.15, 0.2) is 15.6 Å². The van der Waals surface area contributed by atoms with Gasteiger partial charge in [-0.15, -0.1) is 0 Å². The van der Waals surface area contributed by atoms with Crippen molar-refractivity contribution in [2.75, 3.05) is 12.0 Å². The maximum absolute atomic E-state index is 11.4. The van der Waals surface area contributed by atoms with Gasteiger partial charge in [0.05, 0.1) is 5.56 Å². The first-order valence-electron chi connectivity index (χ1n) is 4.02. The highest BCUT2D eigenvalue weighted by Crippen LogP contribution is 2.23. The predicted octanol–water partition coefficient (Wildman–Crippen LogP) is 0.325. The number of sulfone groups is 1. The third-order valence-corrected chi connectivity index (χ3v) is 2.46. The Labute approximate surface area is 86.9 Å². The van der Waals surface area contributed by atoms with Gasteiger partial charge in [-0.3, -0.25) is 4.79 Å². The molecule has 1 rings (SSSR count). The molecule has 5 nitrogen and oxygen atoms in total. The number of hydrogen-bond donors (Lipinski definition) is 2. The molecule has 0 radical (unpaired) electrons. The van der Waals surface area contributed by atoms with Gasteiger partial charge in [-0.25, -0.2) is 8.42 Å². The van der Waals surface area contributed by atoms with Crippen molar-refractivity contribution in [2.45, 2.75) is 0 Å². The molecule has 1 aromatic rings. The number of carbonyl (C=O) groups excluding carboxylic acids is 1. The first-order chi connectivity index (χ1) is 6.79. The molecule has 0 unspecified atom stereocenters. The number of rotatable bonds is 3. The second-order valence-corrected chi connectivity index (χ2v) is 5.33. The van der Waals surface area contributed by atoms with Crippen LogP contribution in [0.5, 0.6) is 11.5 Å². The monoisotopic (exact) mass is 230 g/mol. The lowest BCUT2D eigenvalue weighted by molar-refractivity contribution is 0.101. The minimum absolute atomic E-state index is 0.113. The van der Waals surface area contributed by atoms with Crippen LogP contribution in [-0.2, 0) is 9.84 Å². The molecule has 6 heteroatoms. The lowest BCUT2D eigenvalue weighted by Gasteiger charge is -2.02. The lowest BCUT2D eigenvalue weighted by atomic mass is 10.1.